The first-order chi connectivity index (χ1) is 10.2. The molecule has 0 aliphatic heterocycles. The van der Waals surface area contributed by atoms with Crippen LogP contribution < -0.4 is 5.73 Å². The molecule has 1 aliphatic rings. The Balaban J connectivity index is 1.86. The summed E-state index contributed by atoms with van der Waals surface area (Å²) in [6.45, 7) is 1.21. The standard InChI is InChI=1S/C17H25NO3/c1-20-16(19)17(18,15-8-3-2-4-9-15)11-13-21-12-10-14-6-5-7-14/h2-4,8-9,14H,5-7,10-13,18H2,1H3. The van der Waals surface area contributed by atoms with Crippen molar-refractivity contribution in [1.29, 1.82) is 0 Å². The normalized spacial score (nSPS) is 17.8. The van der Waals surface area contributed by atoms with Gasteiger partial charge in [0.05, 0.1) is 7.11 Å². The van der Waals surface area contributed by atoms with E-state index in [0.717, 1.165) is 24.5 Å². The fourth-order valence-electron chi connectivity index (χ4n) is 2.65. The van der Waals surface area contributed by atoms with Gasteiger partial charge in [0.2, 0.25) is 0 Å². The van der Waals surface area contributed by atoms with Crippen LogP contribution in [-0.4, -0.2) is 26.3 Å². The summed E-state index contributed by atoms with van der Waals surface area (Å²) in [5.74, 6) is 0.415. The van der Waals surface area contributed by atoms with Crippen molar-refractivity contribution in [2.45, 2.75) is 37.6 Å². The van der Waals surface area contributed by atoms with Gasteiger partial charge in [0.25, 0.3) is 0 Å². The SMILES string of the molecule is COC(=O)C(N)(CCOCCC1CCC1)c1ccccc1. The third kappa shape index (κ3) is 4.05. The highest BCUT2D eigenvalue weighted by Crippen LogP contribution is 2.29. The average Bonchev–Trinajstić information content (AvgIpc) is 2.48. The maximum atomic E-state index is 12.1. The maximum absolute atomic E-state index is 12.1. The lowest BCUT2D eigenvalue weighted by molar-refractivity contribution is -0.148. The zero-order valence-electron chi connectivity index (χ0n) is 12.7. The summed E-state index contributed by atoms with van der Waals surface area (Å²) in [6, 6.07) is 9.35. The number of rotatable bonds is 8. The molecule has 4 heteroatoms. The molecule has 1 saturated carbocycles. The Labute approximate surface area is 126 Å². The van der Waals surface area contributed by atoms with Gasteiger partial charge in [0, 0.05) is 19.6 Å². The molecule has 4 nitrogen and oxygen atoms in total. The minimum absolute atomic E-state index is 0.420. The first-order valence-electron chi connectivity index (χ1n) is 7.67. The van der Waals surface area contributed by atoms with Gasteiger partial charge >= 0.3 is 5.97 Å². The van der Waals surface area contributed by atoms with Crippen LogP contribution in [0.1, 0.15) is 37.7 Å². The van der Waals surface area contributed by atoms with Gasteiger partial charge in [-0.25, -0.2) is 4.79 Å². The summed E-state index contributed by atoms with van der Waals surface area (Å²) >= 11 is 0. The lowest BCUT2D eigenvalue weighted by Crippen LogP contribution is -2.46. The second-order valence-corrected chi connectivity index (χ2v) is 5.78. The fraction of sp³-hybridized carbons (Fsp3) is 0.588. The van der Waals surface area contributed by atoms with E-state index in [1.165, 1.54) is 26.4 Å². The van der Waals surface area contributed by atoms with E-state index >= 15 is 0 Å². The zero-order chi connectivity index (χ0) is 15.1. The number of carbonyl (C=O) groups is 1. The van der Waals surface area contributed by atoms with E-state index in [1.807, 2.05) is 30.3 Å². The summed E-state index contributed by atoms with van der Waals surface area (Å²) in [6.07, 6.45) is 5.55. The molecule has 0 bridgehead atoms. The van der Waals surface area contributed by atoms with Crippen molar-refractivity contribution < 1.29 is 14.3 Å². The monoisotopic (exact) mass is 291 g/mol. The highest BCUT2D eigenvalue weighted by molar-refractivity contribution is 5.82. The third-order valence-electron chi connectivity index (χ3n) is 4.37. The Morgan fingerprint density at radius 3 is 2.57 bits per heavy atom. The van der Waals surface area contributed by atoms with E-state index < -0.39 is 11.5 Å². The Morgan fingerprint density at radius 2 is 2.00 bits per heavy atom. The van der Waals surface area contributed by atoms with Crippen LogP contribution in [0.15, 0.2) is 30.3 Å². The van der Waals surface area contributed by atoms with Gasteiger partial charge in [0.1, 0.15) is 5.54 Å². The largest absolute Gasteiger partial charge is 0.467 e. The molecule has 0 saturated heterocycles. The molecule has 0 aromatic heterocycles. The van der Waals surface area contributed by atoms with Crippen molar-refractivity contribution in [2.24, 2.45) is 11.7 Å². The number of methoxy groups -OCH3 is 1. The van der Waals surface area contributed by atoms with Gasteiger partial charge < -0.3 is 15.2 Å². The van der Waals surface area contributed by atoms with Gasteiger partial charge in [-0.1, -0.05) is 49.6 Å². The van der Waals surface area contributed by atoms with Crippen LogP contribution >= 0.6 is 0 Å². The van der Waals surface area contributed by atoms with Crippen molar-refractivity contribution in [2.75, 3.05) is 20.3 Å². The summed E-state index contributed by atoms with van der Waals surface area (Å²) in [4.78, 5) is 12.1. The van der Waals surface area contributed by atoms with Crippen molar-refractivity contribution in [3.05, 3.63) is 35.9 Å². The Morgan fingerprint density at radius 1 is 1.29 bits per heavy atom. The molecule has 2 N–H and O–H groups in total. The summed E-state index contributed by atoms with van der Waals surface area (Å²) in [5.41, 5.74) is 5.93. The molecule has 1 unspecified atom stereocenters. The Bertz CT molecular complexity index is 445. The molecule has 116 valence electrons. The van der Waals surface area contributed by atoms with Crippen LogP contribution in [-0.2, 0) is 19.8 Å². The molecular weight excluding hydrogens is 266 g/mol. The number of nitrogens with two attached hydrogens (primary N) is 1. The predicted octanol–water partition coefficient (Wildman–Crippen LogP) is 2.61. The maximum Gasteiger partial charge on any atom is 0.330 e. The number of esters is 1. The molecule has 0 amide bonds. The van der Waals surface area contributed by atoms with Gasteiger partial charge in [-0.3, -0.25) is 0 Å². The van der Waals surface area contributed by atoms with Crippen molar-refractivity contribution >= 4 is 5.97 Å². The zero-order valence-corrected chi connectivity index (χ0v) is 12.7. The average molecular weight is 291 g/mol. The molecule has 1 aromatic carbocycles. The quantitative estimate of drug-likeness (QED) is 0.591. The van der Waals surface area contributed by atoms with Crippen LogP contribution in [0.5, 0.6) is 0 Å². The molecule has 1 atom stereocenters. The third-order valence-corrected chi connectivity index (χ3v) is 4.37. The van der Waals surface area contributed by atoms with Gasteiger partial charge in [-0.05, 0) is 17.9 Å². The second-order valence-electron chi connectivity index (χ2n) is 5.78. The van der Waals surface area contributed by atoms with Crippen LogP contribution in [0.2, 0.25) is 0 Å². The number of hydrogen-bond donors (Lipinski definition) is 1. The van der Waals surface area contributed by atoms with Gasteiger partial charge in [0.15, 0.2) is 0 Å². The van der Waals surface area contributed by atoms with Gasteiger partial charge in [-0.2, -0.15) is 0 Å². The molecule has 1 fully saturated rings. The molecule has 0 spiro atoms. The molecule has 0 heterocycles. The number of hydrogen-bond acceptors (Lipinski definition) is 4. The smallest absolute Gasteiger partial charge is 0.330 e. The highest BCUT2D eigenvalue weighted by atomic mass is 16.5. The van der Waals surface area contributed by atoms with Crippen molar-refractivity contribution in [3.63, 3.8) is 0 Å². The van der Waals surface area contributed by atoms with E-state index in [4.69, 9.17) is 15.2 Å². The molecule has 0 radical (unpaired) electrons. The Hall–Kier alpha value is -1.39. The lowest BCUT2D eigenvalue weighted by atomic mass is 9.83. The van der Waals surface area contributed by atoms with E-state index in [2.05, 4.69) is 0 Å². The lowest BCUT2D eigenvalue weighted by Gasteiger charge is -2.28. The summed E-state index contributed by atoms with van der Waals surface area (Å²) < 4.78 is 10.5. The van der Waals surface area contributed by atoms with E-state index in [-0.39, 0.29) is 0 Å². The van der Waals surface area contributed by atoms with Crippen molar-refractivity contribution in [1.82, 2.24) is 0 Å². The van der Waals surface area contributed by atoms with Crippen LogP contribution in [0.25, 0.3) is 0 Å². The van der Waals surface area contributed by atoms with E-state index in [0.29, 0.717) is 13.0 Å². The summed E-state index contributed by atoms with van der Waals surface area (Å²) in [7, 11) is 1.37. The first kappa shape index (κ1) is 16.0. The highest BCUT2D eigenvalue weighted by Gasteiger charge is 2.36. The number of ether oxygens (including phenoxy) is 2. The molecule has 2 rings (SSSR count). The second kappa shape index (κ2) is 7.57. The van der Waals surface area contributed by atoms with Crippen LogP contribution in [0.4, 0.5) is 0 Å². The minimum Gasteiger partial charge on any atom is -0.467 e. The number of carbonyl (C=O) groups excluding carboxylic acids is 1. The molecule has 1 aliphatic carbocycles. The Kier molecular flexibility index (Phi) is 5.76. The van der Waals surface area contributed by atoms with Crippen molar-refractivity contribution in [3.8, 4) is 0 Å². The first-order valence-corrected chi connectivity index (χ1v) is 7.67. The topological polar surface area (TPSA) is 61.5 Å². The van der Waals surface area contributed by atoms with Crippen LogP contribution in [0, 0.1) is 5.92 Å². The predicted molar refractivity (Wildman–Crippen MR) is 81.7 cm³/mol. The van der Waals surface area contributed by atoms with E-state index in [1.54, 1.807) is 0 Å². The fourth-order valence-corrected chi connectivity index (χ4v) is 2.65. The van der Waals surface area contributed by atoms with Gasteiger partial charge in [-0.15, -0.1) is 0 Å². The van der Waals surface area contributed by atoms with E-state index in [9.17, 15) is 4.79 Å². The summed E-state index contributed by atoms with van der Waals surface area (Å²) in [5, 5.41) is 0. The molecule has 1 aromatic rings. The van der Waals surface area contributed by atoms with Crippen LogP contribution in [0.3, 0.4) is 0 Å². The molecule has 21 heavy (non-hydrogen) atoms. The minimum atomic E-state index is -1.13. The number of benzene rings is 1. The molecular formula is C17H25NO3.